The molecule has 0 saturated heterocycles. The molecule has 4 aromatic rings. The number of hydrogen-bond donors (Lipinski definition) is 3. The summed E-state index contributed by atoms with van der Waals surface area (Å²) >= 11 is 0. The molecule has 4 rings (SSSR count). The van der Waals surface area contributed by atoms with Crippen molar-refractivity contribution < 1.29 is 19.8 Å². The Morgan fingerprint density at radius 1 is 0.880 bits per heavy atom. The summed E-state index contributed by atoms with van der Waals surface area (Å²) in [6, 6.07) is 16.2. The summed E-state index contributed by atoms with van der Waals surface area (Å²) in [6.45, 7) is -0.660. The zero-order valence-corrected chi connectivity index (χ0v) is 13.2. The lowest BCUT2D eigenvalue weighted by Crippen LogP contribution is -2.43. The lowest BCUT2D eigenvalue weighted by Gasteiger charge is -2.15. The quantitative estimate of drug-likeness (QED) is 0.501. The highest BCUT2D eigenvalue weighted by Crippen LogP contribution is 2.35. The van der Waals surface area contributed by atoms with Gasteiger partial charge in [0.05, 0.1) is 6.61 Å². The van der Waals surface area contributed by atoms with Crippen molar-refractivity contribution >= 4 is 44.2 Å². The smallest absolute Gasteiger partial charge is 0.328 e. The van der Waals surface area contributed by atoms with Crippen LogP contribution in [0.5, 0.6) is 0 Å². The van der Waals surface area contributed by atoms with Crippen molar-refractivity contribution in [2.45, 2.75) is 6.04 Å². The molecule has 0 spiro atoms. The Morgan fingerprint density at radius 2 is 1.48 bits per heavy atom. The summed E-state index contributed by atoms with van der Waals surface area (Å²) in [5, 5.41) is 26.6. The number of carboxylic acids is 1. The molecule has 0 aliphatic rings. The topological polar surface area (TPSA) is 86.6 Å². The number of hydrogen-bond acceptors (Lipinski definition) is 3. The summed E-state index contributed by atoms with van der Waals surface area (Å²) in [6.07, 6.45) is 0. The molecule has 0 radical (unpaired) electrons. The van der Waals surface area contributed by atoms with Crippen molar-refractivity contribution in [3.05, 3.63) is 60.2 Å². The number of carbonyl (C=O) groups is 2. The minimum atomic E-state index is -1.33. The predicted octanol–water partition coefficient (Wildman–Crippen LogP) is 2.76. The van der Waals surface area contributed by atoms with Crippen molar-refractivity contribution in [3.8, 4) is 0 Å². The van der Waals surface area contributed by atoms with Crippen molar-refractivity contribution in [1.82, 2.24) is 5.32 Å². The summed E-state index contributed by atoms with van der Waals surface area (Å²) in [4.78, 5) is 23.6. The standard InChI is InChI=1S/C20H15NO4/c22-10-16(20(24)25)21-19(23)15-9-7-13-5-4-11-2-1-3-12-6-8-14(15)18(13)17(11)12/h1-9,16,22H,10H2,(H,21,23)(H,24,25). The van der Waals surface area contributed by atoms with Gasteiger partial charge in [-0.15, -0.1) is 0 Å². The van der Waals surface area contributed by atoms with Gasteiger partial charge in [-0.05, 0) is 38.4 Å². The fourth-order valence-electron chi connectivity index (χ4n) is 3.35. The van der Waals surface area contributed by atoms with Crippen LogP contribution in [0.15, 0.2) is 54.6 Å². The maximum absolute atomic E-state index is 12.6. The first-order valence-electron chi connectivity index (χ1n) is 7.91. The van der Waals surface area contributed by atoms with Crippen LogP contribution in [0.1, 0.15) is 10.4 Å². The number of aliphatic carboxylic acids is 1. The van der Waals surface area contributed by atoms with Crippen molar-refractivity contribution in [2.24, 2.45) is 0 Å². The monoisotopic (exact) mass is 333 g/mol. The van der Waals surface area contributed by atoms with E-state index in [2.05, 4.69) is 11.4 Å². The molecule has 1 atom stereocenters. The molecule has 0 saturated carbocycles. The van der Waals surface area contributed by atoms with Crippen LogP contribution >= 0.6 is 0 Å². The first-order valence-corrected chi connectivity index (χ1v) is 7.91. The van der Waals surface area contributed by atoms with Gasteiger partial charge in [0, 0.05) is 5.56 Å². The average molecular weight is 333 g/mol. The molecular weight excluding hydrogens is 318 g/mol. The number of benzene rings is 4. The van der Waals surface area contributed by atoms with Crippen molar-refractivity contribution in [1.29, 1.82) is 0 Å². The van der Waals surface area contributed by atoms with Crippen LogP contribution in [-0.4, -0.2) is 34.7 Å². The third-order valence-corrected chi connectivity index (χ3v) is 4.56. The van der Waals surface area contributed by atoms with E-state index in [0.29, 0.717) is 5.56 Å². The molecule has 124 valence electrons. The van der Waals surface area contributed by atoms with E-state index in [4.69, 9.17) is 10.2 Å². The Labute approximate surface area is 142 Å². The highest BCUT2D eigenvalue weighted by Gasteiger charge is 2.21. The van der Waals surface area contributed by atoms with E-state index >= 15 is 0 Å². The van der Waals surface area contributed by atoms with Crippen LogP contribution in [0.4, 0.5) is 0 Å². The van der Waals surface area contributed by atoms with E-state index in [9.17, 15) is 9.59 Å². The third kappa shape index (κ3) is 2.37. The molecule has 0 aliphatic heterocycles. The number of aliphatic hydroxyl groups excluding tert-OH is 1. The number of amides is 1. The van der Waals surface area contributed by atoms with Gasteiger partial charge in [0.15, 0.2) is 6.04 Å². The van der Waals surface area contributed by atoms with Gasteiger partial charge in [-0.1, -0.05) is 48.5 Å². The van der Waals surface area contributed by atoms with Crippen LogP contribution in [-0.2, 0) is 4.79 Å². The van der Waals surface area contributed by atoms with E-state index in [0.717, 1.165) is 32.3 Å². The Morgan fingerprint density at radius 3 is 2.12 bits per heavy atom. The fourth-order valence-corrected chi connectivity index (χ4v) is 3.35. The molecule has 4 aromatic carbocycles. The van der Waals surface area contributed by atoms with Crippen LogP contribution in [0, 0.1) is 0 Å². The minimum absolute atomic E-state index is 0.394. The lowest BCUT2D eigenvalue weighted by molar-refractivity contribution is -0.140. The molecule has 0 aromatic heterocycles. The molecule has 1 unspecified atom stereocenters. The summed E-state index contributed by atoms with van der Waals surface area (Å²) in [7, 11) is 0. The minimum Gasteiger partial charge on any atom is -0.480 e. The zero-order chi connectivity index (χ0) is 17.6. The molecule has 0 bridgehead atoms. The zero-order valence-electron chi connectivity index (χ0n) is 13.2. The largest absolute Gasteiger partial charge is 0.480 e. The maximum Gasteiger partial charge on any atom is 0.328 e. The number of aliphatic hydroxyl groups is 1. The van der Waals surface area contributed by atoms with Crippen LogP contribution < -0.4 is 5.32 Å². The van der Waals surface area contributed by atoms with Crippen molar-refractivity contribution in [2.75, 3.05) is 6.61 Å². The number of carbonyl (C=O) groups excluding carboxylic acids is 1. The van der Waals surface area contributed by atoms with Gasteiger partial charge in [0.25, 0.3) is 5.91 Å². The second kappa shape index (κ2) is 5.72. The van der Waals surface area contributed by atoms with E-state index < -0.39 is 24.5 Å². The van der Waals surface area contributed by atoms with Crippen molar-refractivity contribution in [3.63, 3.8) is 0 Å². The summed E-state index contributed by atoms with van der Waals surface area (Å²) in [5.74, 6) is -1.78. The molecule has 1 amide bonds. The van der Waals surface area contributed by atoms with Gasteiger partial charge < -0.3 is 15.5 Å². The second-order valence-corrected chi connectivity index (χ2v) is 6.02. The lowest BCUT2D eigenvalue weighted by atomic mass is 9.92. The molecule has 3 N–H and O–H groups in total. The van der Waals surface area contributed by atoms with Gasteiger partial charge >= 0.3 is 5.97 Å². The van der Waals surface area contributed by atoms with Crippen LogP contribution in [0.25, 0.3) is 32.3 Å². The van der Waals surface area contributed by atoms with Gasteiger partial charge in [-0.3, -0.25) is 4.79 Å². The number of carboxylic acid groups (broad SMARTS) is 1. The van der Waals surface area contributed by atoms with Gasteiger partial charge in [0.1, 0.15) is 0 Å². The first kappa shape index (κ1) is 15.4. The van der Waals surface area contributed by atoms with Gasteiger partial charge in [-0.2, -0.15) is 0 Å². The van der Waals surface area contributed by atoms with Crippen LogP contribution in [0.2, 0.25) is 0 Å². The highest BCUT2D eigenvalue weighted by atomic mass is 16.4. The summed E-state index contributed by atoms with van der Waals surface area (Å²) < 4.78 is 0. The third-order valence-electron chi connectivity index (χ3n) is 4.56. The number of rotatable bonds is 4. The average Bonchev–Trinajstić information content (AvgIpc) is 2.63. The highest BCUT2D eigenvalue weighted by molar-refractivity contribution is 6.26. The molecule has 5 nitrogen and oxygen atoms in total. The Kier molecular flexibility index (Phi) is 3.51. The predicted molar refractivity (Wildman–Crippen MR) is 96.1 cm³/mol. The molecular formula is C20H15NO4. The number of nitrogens with one attached hydrogen (secondary N) is 1. The fraction of sp³-hybridized carbons (Fsp3) is 0.100. The van der Waals surface area contributed by atoms with E-state index in [-0.39, 0.29) is 0 Å². The molecule has 0 aliphatic carbocycles. The van der Waals surface area contributed by atoms with E-state index in [1.54, 1.807) is 6.07 Å². The summed E-state index contributed by atoms with van der Waals surface area (Å²) in [5.41, 5.74) is 0.394. The van der Waals surface area contributed by atoms with E-state index in [1.807, 2.05) is 42.5 Å². The first-order chi connectivity index (χ1) is 12.1. The normalized spacial score (nSPS) is 12.7. The maximum atomic E-state index is 12.6. The Bertz CT molecular complexity index is 1100. The van der Waals surface area contributed by atoms with Crippen LogP contribution in [0.3, 0.4) is 0 Å². The SMILES string of the molecule is O=C(NC(CO)C(=O)O)c1ccc2ccc3cccc4ccc1c2c34. The van der Waals surface area contributed by atoms with Gasteiger partial charge in [0.2, 0.25) is 0 Å². The van der Waals surface area contributed by atoms with Gasteiger partial charge in [-0.25, -0.2) is 4.79 Å². The second-order valence-electron chi connectivity index (χ2n) is 6.02. The molecule has 0 fully saturated rings. The molecule has 5 heteroatoms. The Hall–Kier alpha value is -3.18. The van der Waals surface area contributed by atoms with E-state index in [1.165, 1.54) is 0 Å². The molecule has 0 heterocycles. The Balaban J connectivity index is 1.93. The molecule has 25 heavy (non-hydrogen) atoms.